The second-order valence-electron chi connectivity index (χ2n) is 6.72. The Balaban J connectivity index is 1.82. The molecule has 4 heteroatoms. The molecule has 2 unspecified atom stereocenters. The first-order chi connectivity index (χ1) is 10.8. The number of rotatable bonds is 4. The SMILES string of the molecule is CCC1CCCCN1c1ccnc(N2CCCCC2CC)n1. The molecular formula is C18H30N4. The van der Waals surface area contributed by atoms with Gasteiger partial charge in [-0.25, -0.2) is 4.98 Å². The van der Waals surface area contributed by atoms with E-state index in [9.17, 15) is 0 Å². The highest BCUT2D eigenvalue weighted by Gasteiger charge is 2.26. The lowest BCUT2D eigenvalue weighted by molar-refractivity contribution is 0.437. The van der Waals surface area contributed by atoms with Gasteiger partial charge in [0.2, 0.25) is 5.95 Å². The first-order valence-corrected chi connectivity index (χ1v) is 9.19. The Hall–Kier alpha value is -1.32. The summed E-state index contributed by atoms with van der Waals surface area (Å²) in [5, 5.41) is 0. The molecular weight excluding hydrogens is 272 g/mol. The number of aromatic nitrogens is 2. The van der Waals surface area contributed by atoms with Crippen molar-refractivity contribution < 1.29 is 0 Å². The van der Waals surface area contributed by atoms with Gasteiger partial charge in [-0.05, 0) is 57.4 Å². The minimum Gasteiger partial charge on any atom is -0.353 e. The zero-order chi connectivity index (χ0) is 15.4. The maximum Gasteiger partial charge on any atom is 0.227 e. The van der Waals surface area contributed by atoms with Gasteiger partial charge in [0.1, 0.15) is 5.82 Å². The average molecular weight is 302 g/mol. The molecule has 0 spiro atoms. The summed E-state index contributed by atoms with van der Waals surface area (Å²) in [4.78, 5) is 14.5. The minimum atomic E-state index is 0.618. The van der Waals surface area contributed by atoms with Gasteiger partial charge in [-0.2, -0.15) is 4.98 Å². The van der Waals surface area contributed by atoms with Crippen molar-refractivity contribution in [2.24, 2.45) is 0 Å². The van der Waals surface area contributed by atoms with Gasteiger partial charge in [0.25, 0.3) is 0 Å². The fraction of sp³-hybridized carbons (Fsp3) is 0.778. The molecule has 2 atom stereocenters. The normalized spacial score (nSPS) is 26.3. The fourth-order valence-electron chi connectivity index (χ4n) is 4.05. The van der Waals surface area contributed by atoms with E-state index >= 15 is 0 Å². The van der Waals surface area contributed by atoms with E-state index < -0.39 is 0 Å². The summed E-state index contributed by atoms with van der Waals surface area (Å²) < 4.78 is 0. The topological polar surface area (TPSA) is 32.3 Å². The fourth-order valence-corrected chi connectivity index (χ4v) is 4.05. The zero-order valence-corrected chi connectivity index (χ0v) is 14.2. The maximum absolute atomic E-state index is 4.96. The van der Waals surface area contributed by atoms with Crippen molar-refractivity contribution in [2.75, 3.05) is 22.9 Å². The molecule has 0 aliphatic carbocycles. The number of anilines is 2. The molecule has 3 heterocycles. The van der Waals surface area contributed by atoms with Crippen LogP contribution in [0.2, 0.25) is 0 Å². The molecule has 4 nitrogen and oxygen atoms in total. The van der Waals surface area contributed by atoms with Gasteiger partial charge in [0.15, 0.2) is 0 Å². The minimum absolute atomic E-state index is 0.618. The molecule has 2 saturated heterocycles. The van der Waals surface area contributed by atoms with Crippen molar-refractivity contribution in [1.29, 1.82) is 0 Å². The third kappa shape index (κ3) is 3.21. The molecule has 3 rings (SSSR count). The first-order valence-electron chi connectivity index (χ1n) is 9.19. The molecule has 1 aromatic heterocycles. The number of hydrogen-bond acceptors (Lipinski definition) is 4. The lowest BCUT2D eigenvalue weighted by atomic mass is 10.00. The summed E-state index contributed by atoms with van der Waals surface area (Å²) in [7, 11) is 0. The van der Waals surface area contributed by atoms with Gasteiger partial charge in [0.05, 0.1) is 0 Å². The third-order valence-corrected chi connectivity index (χ3v) is 5.38. The van der Waals surface area contributed by atoms with Crippen molar-refractivity contribution in [3.63, 3.8) is 0 Å². The van der Waals surface area contributed by atoms with Gasteiger partial charge < -0.3 is 9.80 Å². The van der Waals surface area contributed by atoms with Gasteiger partial charge in [-0.3, -0.25) is 0 Å². The Kier molecular flexibility index (Phi) is 5.16. The number of nitrogens with zero attached hydrogens (tertiary/aromatic N) is 4. The first kappa shape index (κ1) is 15.6. The van der Waals surface area contributed by atoms with Gasteiger partial charge in [-0.15, -0.1) is 0 Å². The number of hydrogen-bond donors (Lipinski definition) is 0. The van der Waals surface area contributed by atoms with Crippen LogP contribution in [0.1, 0.15) is 65.2 Å². The summed E-state index contributed by atoms with van der Waals surface area (Å²) in [6.45, 7) is 6.83. The lowest BCUT2D eigenvalue weighted by Crippen LogP contribution is -2.42. The molecule has 2 aliphatic rings. The van der Waals surface area contributed by atoms with Crippen molar-refractivity contribution in [2.45, 2.75) is 77.3 Å². The Morgan fingerprint density at radius 2 is 1.59 bits per heavy atom. The van der Waals surface area contributed by atoms with Crippen LogP contribution in [0.5, 0.6) is 0 Å². The van der Waals surface area contributed by atoms with Gasteiger partial charge in [0, 0.05) is 31.4 Å². The molecule has 122 valence electrons. The quantitative estimate of drug-likeness (QED) is 0.841. The van der Waals surface area contributed by atoms with Crippen LogP contribution in [-0.2, 0) is 0 Å². The smallest absolute Gasteiger partial charge is 0.227 e. The summed E-state index contributed by atoms with van der Waals surface area (Å²) in [6, 6.07) is 3.37. The van der Waals surface area contributed by atoms with Crippen LogP contribution in [0.25, 0.3) is 0 Å². The molecule has 1 aromatic rings. The summed E-state index contributed by atoms with van der Waals surface area (Å²) in [6.07, 6.45) is 12.2. The second-order valence-corrected chi connectivity index (χ2v) is 6.72. The Morgan fingerprint density at radius 3 is 2.27 bits per heavy atom. The highest BCUT2D eigenvalue weighted by atomic mass is 15.3. The van der Waals surface area contributed by atoms with Crippen molar-refractivity contribution in [1.82, 2.24) is 9.97 Å². The van der Waals surface area contributed by atoms with Gasteiger partial charge >= 0.3 is 0 Å². The Morgan fingerprint density at radius 1 is 0.955 bits per heavy atom. The van der Waals surface area contributed by atoms with Gasteiger partial charge in [-0.1, -0.05) is 13.8 Å². The highest BCUT2D eigenvalue weighted by molar-refractivity contribution is 5.45. The van der Waals surface area contributed by atoms with Crippen LogP contribution >= 0.6 is 0 Å². The van der Waals surface area contributed by atoms with Crippen molar-refractivity contribution in [3.05, 3.63) is 12.3 Å². The lowest BCUT2D eigenvalue weighted by Gasteiger charge is -2.38. The molecule has 0 bridgehead atoms. The standard InChI is InChI=1S/C18H30N4/c1-3-15-9-5-7-13-21(15)17-11-12-19-18(20-17)22-14-8-6-10-16(22)4-2/h11-12,15-16H,3-10,13-14H2,1-2H3. The van der Waals surface area contributed by atoms with Crippen molar-refractivity contribution >= 4 is 11.8 Å². The predicted molar refractivity (Wildman–Crippen MR) is 92.6 cm³/mol. The molecule has 0 aromatic carbocycles. The molecule has 0 amide bonds. The van der Waals surface area contributed by atoms with E-state index in [1.165, 1.54) is 51.4 Å². The summed E-state index contributed by atoms with van der Waals surface area (Å²) >= 11 is 0. The van der Waals surface area contributed by atoms with Crippen LogP contribution in [0.3, 0.4) is 0 Å². The van der Waals surface area contributed by atoms with E-state index in [0.29, 0.717) is 12.1 Å². The molecule has 2 fully saturated rings. The van der Waals surface area contributed by atoms with Crippen LogP contribution in [0.15, 0.2) is 12.3 Å². The monoisotopic (exact) mass is 302 g/mol. The summed E-state index contributed by atoms with van der Waals surface area (Å²) in [5.74, 6) is 2.08. The van der Waals surface area contributed by atoms with Crippen LogP contribution in [0, 0.1) is 0 Å². The molecule has 22 heavy (non-hydrogen) atoms. The molecule has 0 saturated carbocycles. The summed E-state index contributed by atoms with van der Waals surface area (Å²) in [5.41, 5.74) is 0. The van der Waals surface area contributed by atoms with Crippen molar-refractivity contribution in [3.8, 4) is 0 Å². The largest absolute Gasteiger partial charge is 0.353 e. The van der Waals surface area contributed by atoms with E-state index in [4.69, 9.17) is 4.98 Å². The van der Waals surface area contributed by atoms with Crippen LogP contribution in [0.4, 0.5) is 11.8 Å². The van der Waals surface area contributed by atoms with E-state index in [-0.39, 0.29) is 0 Å². The Labute approximate surface area is 134 Å². The van der Waals surface area contributed by atoms with E-state index in [1.807, 2.05) is 6.20 Å². The number of piperidine rings is 2. The van der Waals surface area contributed by atoms with E-state index in [1.54, 1.807) is 0 Å². The average Bonchev–Trinajstić information content (AvgIpc) is 2.61. The molecule has 2 aliphatic heterocycles. The second kappa shape index (κ2) is 7.30. The van der Waals surface area contributed by atoms with Crippen LogP contribution < -0.4 is 9.80 Å². The maximum atomic E-state index is 4.96. The third-order valence-electron chi connectivity index (χ3n) is 5.38. The van der Waals surface area contributed by atoms with E-state index in [0.717, 1.165) is 24.9 Å². The predicted octanol–water partition coefficient (Wildman–Crippen LogP) is 4.01. The molecule has 0 radical (unpaired) electrons. The molecule has 0 N–H and O–H groups in total. The van der Waals surface area contributed by atoms with Crippen LogP contribution in [-0.4, -0.2) is 35.1 Å². The highest BCUT2D eigenvalue weighted by Crippen LogP contribution is 2.28. The Bertz CT molecular complexity index is 437. The van der Waals surface area contributed by atoms with E-state index in [2.05, 4.69) is 34.7 Å². The zero-order valence-electron chi connectivity index (χ0n) is 14.2.